The predicted octanol–water partition coefficient (Wildman–Crippen LogP) is 2.03. The normalized spacial score (nSPS) is 11.0. The van der Waals surface area contributed by atoms with Crippen LogP contribution in [0.4, 0.5) is 0 Å². The van der Waals surface area contributed by atoms with Crippen molar-refractivity contribution >= 4 is 22.3 Å². The Morgan fingerprint density at radius 3 is 1.60 bits per heavy atom. The average molecular weight is 260 g/mol. The van der Waals surface area contributed by atoms with E-state index in [1.807, 2.05) is 24.3 Å². The van der Waals surface area contributed by atoms with E-state index < -0.39 is 0 Å². The molecule has 4 heterocycles. The van der Waals surface area contributed by atoms with Crippen LogP contribution in [0.3, 0.4) is 0 Å². The highest BCUT2D eigenvalue weighted by molar-refractivity contribution is 5.75. The van der Waals surface area contributed by atoms with Gasteiger partial charge >= 0.3 is 0 Å². The summed E-state index contributed by atoms with van der Waals surface area (Å²) in [6, 6.07) is 7.40. The summed E-state index contributed by atoms with van der Waals surface area (Å²) in [5, 5.41) is 0. The number of pyridine rings is 2. The first-order valence-corrected chi connectivity index (χ1v) is 6.06. The van der Waals surface area contributed by atoms with E-state index in [9.17, 15) is 0 Å². The van der Waals surface area contributed by atoms with Crippen LogP contribution in [0.5, 0.6) is 0 Å². The van der Waals surface area contributed by atoms with Gasteiger partial charge in [-0.1, -0.05) is 0 Å². The standard InChI is InChI=1S/C14H8N6/c1-3-9-13(15-5-1)17-7-11(19-9)12-8-18-14-10(20-12)4-2-6-16-14/h1-8H. The molecule has 0 aliphatic rings. The molecule has 0 unspecified atom stereocenters. The molecule has 0 aliphatic carbocycles. The van der Waals surface area contributed by atoms with Crippen LogP contribution in [0.25, 0.3) is 33.7 Å². The summed E-state index contributed by atoms with van der Waals surface area (Å²) in [4.78, 5) is 25.9. The molecule has 94 valence electrons. The van der Waals surface area contributed by atoms with E-state index in [0.29, 0.717) is 22.7 Å². The van der Waals surface area contributed by atoms with Crippen molar-refractivity contribution in [2.75, 3.05) is 0 Å². The van der Waals surface area contributed by atoms with Gasteiger partial charge < -0.3 is 0 Å². The summed E-state index contributed by atoms with van der Waals surface area (Å²) < 4.78 is 0. The van der Waals surface area contributed by atoms with Gasteiger partial charge in [-0.05, 0) is 24.3 Å². The first kappa shape index (κ1) is 10.9. The number of nitrogens with zero attached hydrogens (tertiary/aromatic N) is 6. The van der Waals surface area contributed by atoms with Crippen LogP contribution in [0, 0.1) is 0 Å². The Balaban J connectivity index is 1.91. The zero-order valence-electron chi connectivity index (χ0n) is 10.3. The van der Waals surface area contributed by atoms with Crippen LogP contribution >= 0.6 is 0 Å². The largest absolute Gasteiger partial charge is 0.241 e. The molecule has 0 amide bonds. The second kappa shape index (κ2) is 4.27. The lowest BCUT2D eigenvalue weighted by molar-refractivity contribution is 1.18. The Kier molecular flexibility index (Phi) is 2.32. The Bertz CT molecular complexity index is 844. The molecule has 0 saturated carbocycles. The van der Waals surface area contributed by atoms with Crippen LogP contribution in [0.15, 0.2) is 49.1 Å². The Labute approximate surface area is 113 Å². The summed E-state index contributed by atoms with van der Waals surface area (Å²) in [6.07, 6.45) is 6.69. The van der Waals surface area contributed by atoms with Gasteiger partial charge in [0.25, 0.3) is 0 Å². The Morgan fingerprint density at radius 1 is 0.600 bits per heavy atom. The molecule has 6 heteroatoms. The highest BCUT2D eigenvalue weighted by atomic mass is 14.9. The second-order valence-electron chi connectivity index (χ2n) is 4.20. The summed E-state index contributed by atoms with van der Waals surface area (Å²) in [5.41, 5.74) is 4.04. The quantitative estimate of drug-likeness (QED) is 0.521. The Morgan fingerprint density at radius 2 is 1.10 bits per heavy atom. The SMILES string of the molecule is c1cnc2ncc(-c3cnc4ncccc4n3)nc2c1. The van der Waals surface area contributed by atoms with E-state index in [-0.39, 0.29) is 0 Å². The third-order valence-electron chi connectivity index (χ3n) is 2.89. The van der Waals surface area contributed by atoms with Crippen molar-refractivity contribution in [3.8, 4) is 11.4 Å². The van der Waals surface area contributed by atoms with Gasteiger partial charge in [0.15, 0.2) is 11.3 Å². The molecule has 0 fully saturated rings. The van der Waals surface area contributed by atoms with Crippen molar-refractivity contribution in [3.05, 3.63) is 49.1 Å². The second-order valence-corrected chi connectivity index (χ2v) is 4.20. The van der Waals surface area contributed by atoms with Gasteiger partial charge in [-0.25, -0.2) is 29.9 Å². The van der Waals surface area contributed by atoms with Crippen LogP contribution < -0.4 is 0 Å². The number of hydrogen-bond acceptors (Lipinski definition) is 6. The molecule has 0 atom stereocenters. The maximum absolute atomic E-state index is 4.50. The van der Waals surface area contributed by atoms with Gasteiger partial charge in [0.2, 0.25) is 0 Å². The smallest absolute Gasteiger partial charge is 0.178 e. The fourth-order valence-corrected chi connectivity index (χ4v) is 1.96. The zero-order valence-corrected chi connectivity index (χ0v) is 10.3. The summed E-state index contributed by atoms with van der Waals surface area (Å²) >= 11 is 0. The van der Waals surface area contributed by atoms with Crippen molar-refractivity contribution in [2.24, 2.45) is 0 Å². The maximum atomic E-state index is 4.50. The molecule has 0 spiro atoms. The van der Waals surface area contributed by atoms with Crippen molar-refractivity contribution in [1.82, 2.24) is 29.9 Å². The third kappa shape index (κ3) is 1.74. The summed E-state index contributed by atoms with van der Waals surface area (Å²) in [7, 11) is 0. The van der Waals surface area contributed by atoms with Gasteiger partial charge in [-0.15, -0.1) is 0 Å². The molecule has 0 saturated heterocycles. The molecule has 4 aromatic rings. The molecule has 4 rings (SSSR count). The van der Waals surface area contributed by atoms with E-state index in [1.54, 1.807) is 24.8 Å². The van der Waals surface area contributed by atoms with Crippen LogP contribution in [0.2, 0.25) is 0 Å². The van der Waals surface area contributed by atoms with E-state index in [4.69, 9.17) is 0 Å². The van der Waals surface area contributed by atoms with E-state index in [0.717, 1.165) is 11.0 Å². The minimum Gasteiger partial charge on any atom is -0.241 e. The molecule has 6 nitrogen and oxygen atoms in total. The summed E-state index contributed by atoms with van der Waals surface area (Å²) in [5.74, 6) is 0. The van der Waals surface area contributed by atoms with Crippen LogP contribution in [-0.2, 0) is 0 Å². The minimum absolute atomic E-state index is 0.617. The van der Waals surface area contributed by atoms with Gasteiger partial charge in [-0.3, -0.25) is 0 Å². The first-order valence-electron chi connectivity index (χ1n) is 6.06. The molecule has 0 N–H and O–H groups in total. The van der Waals surface area contributed by atoms with E-state index >= 15 is 0 Å². The topological polar surface area (TPSA) is 77.3 Å². The zero-order chi connectivity index (χ0) is 13.4. The van der Waals surface area contributed by atoms with Crippen LogP contribution in [0.1, 0.15) is 0 Å². The fraction of sp³-hybridized carbons (Fsp3) is 0. The Hall–Kier alpha value is -3.02. The summed E-state index contributed by atoms with van der Waals surface area (Å²) in [6.45, 7) is 0. The first-order chi connectivity index (χ1) is 9.90. The predicted molar refractivity (Wildman–Crippen MR) is 73.7 cm³/mol. The lowest BCUT2D eigenvalue weighted by Gasteiger charge is -2.02. The molecule has 20 heavy (non-hydrogen) atoms. The van der Waals surface area contributed by atoms with Crippen molar-refractivity contribution in [3.63, 3.8) is 0 Å². The fourth-order valence-electron chi connectivity index (χ4n) is 1.96. The lowest BCUT2D eigenvalue weighted by Crippen LogP contribution is -1.94. The van der Waals surface area contributed by atoms with Gasteiger partial charge in [-0.2, -0.15) is 0 Å². The van der Waals surface area contributed by atoms with Gasteiger partial charge in [0.1, 0.15) is 22.4 Å². The van der Waals surface area contributed by atoms with Crippen molar-refractivity contribution < 1.29 is 0 Å². The highest BCUT2D eigenvalue weighted by Crippen LogP contribution is 2.17. The highest BCUT2D eigenvalue weighted by Gasteiger charge is 2.06. The van der Waals surface area contributed by atoms with Gasteiger partial charge in [0, 0.05) is 12.4 Å². The molecule has 0 aliphatic heterocycles. The number of rotatable bonds is 1. The van der Waals surface area contributed by atoms with Crippen LogP contribution in [-0.4, -0.2) is 29.9 Å². The van der Waals surface area contributed by atoms with Crippen molar-refractivity contribution in [1.29, 1.82) is 0 Å². The van der Waals surface area contributed by atoms with Gasteiger partial charge in [0.05, 0.1) is 12.4 Å². The van der Waals surface area contributed by atoms with E-state index in [1.165, 1.54) is 0 Å². The molecule has 0 radical (unpaired) electrons. The maximum Gasteiger partial charge on any atom is 0.178 e. The van der Waals surface area contributed by atoms with E-state index in [2.05, 4.69) is 29.9 Å². The number of hydrogen-bond donors (Lipinski definition) is 0. The number of fused-ring (bicyclic) bond motifs is 2. The average Bonchev–Trinajstić information content (AvgIpc) is 2.54. The molecule has 4 aromatic heterocycles. The number of aromatic nitrogens is 6. The lowest BCUT2D eigenvalue weighted by atomic mass is 10.3. The monoisotopic (exact) mass is 260 g/mol. The van der Waals surface area contributed by atoms with Crippen molar-refractivity contribution in [2.45, 2.75) is 0 Å². The third-order valence-corrected chi connectivity index (χ3v) is 2.89. The molecule has 0 bridgehead atoms. The molecular weight excluding hydrogens is 252 g/mol. The molecular formula is C14H8N6. The minimum atomic E-state index is 0.617. The molecule has 0 aromatic carbocycles.